The number of halogens is 2. The number of hydrogen-bond acceptors (Lipinski definition) is 0. The van der Waals surface area contributed by atoms with E-state index in [1.165, 1.54) is 37.7 Å². The van der Waals surface area contributed by atoms with Crippen molar-refractivity contribution in [3.63, 3.8) is 0 Å². The van der Waals surface area contributed by atoms with Gasteiger partial charge in [-0.15, -0.1) is 0 Å². The Morgan fingerprint density at radius 2 is 1.69 bits per heavy atom. The van der Waals surface area contributed by atoms with Crippen molar-refractivity contribution in [1.82, 2.24) is 0 Å². The van der Waals surface area contributed by atoms with Crippen molar-refractivity contribution in [2.24, 2.45) is 0 Å². The van der Waals surface area contributed by atoms with Crippen LogP contribution in [0.1, 0.15) is 44.6 Å². The van der Waals surface area contributed by atoms with Gasteiger partial charge in [-0.3, -0.25) is 0 Å². The molecule has 0 aliphatic heterocycles. The minimum absolute atomic E-state index is 0. The maximum atomic E-state index is 2.67. The van der Waals surface area contributed by atoms with Gasteiger partial charge in [0, 0.05) is 0 Å². The molecule has 0 aromatic heterocycles. The molecule has 0 amide bonds. The number of benzene rings is 1. The van der Waals surface area contributed by atoms with Gasteiger partial charge in [-0.1, -0.05) is 0 Å². The minimum Gasteiger partial charge on any atom is -1.00 e. The number of hydrogen-bond donors (Lipinski definition) is 0. The Morgan fingerprint density at radius 1 is 1.00 bits per heavy atom. The predicted molar refractivity (Wildman–Crippen MR) is 119 cm³/mol. The van der Waals surface area contributed by atoms with Crippen molar-refractivity contribution in [2.45, 2.75) is 62.3 Å². The third kappa shape index (κ3) is 5.32. The normalized spacial score (nSPS) is 21.0. The van der Waals surface area contributed by atoms with Crippen molar-refractivity contribution in [3.05, 3.63) is 79.8 Å². The van der Waals surface area contributed by atoms with Crippen LogP contribution in [-0.4, -0.2) is 11.3 Å². The first-order valence-electron chi connectivity index (χ1n) is 10.5. The molecule has 4 rings (SSSR count). The maximum Gasteiger partial charge on any atom is -1.00 e. The van der Waals surface area contributed by atoms with Crippen LogP contribution in [0.2, 0.25) is 23.3 Å². The van der Waals surface area contributed by atoms with Crippen LogP contribution in [0, 0.1) is 0 Å². The van der Waals surface area contributed by atoms with Crippen molar-refractivity contribution in [1.29, 1.82) is 0 Å². The topological polar surface area (TPSA) is 0 Å². The van der Waals surface area contributed by atoms with Gasteiger partial charge >= 0.3 is 175 Å². The molecular weight excluding hydrogens is 490 g/mol. The molecular formula is C25H32Cl2SiZr. The molecule has 0 N–H and O–H groups in total. The molecule has 0 saturated heterocycles. The second-order valence-corrected chi connectivity index (χ2v) is 21.3. The Morgan fingerprint density at radius 3 is 2.34 bits per heavy atom. The van der Waals surface area contributed by atoms with E-state index in [2.05, 4.69) is 81.2 Å². The van der Waals surface area contributed by atoms with E-state index in [0.717, 1.165) is 3.63 Å². The molecule has 0 radical (unpaired) electrons. The Labute approximate surface area is 198 Å². The molecule has 3 aliphatic carbocycles. The summed E-state index contributed by atoms with van der Waals surface area (Å²) >= 11 is -2.00. The summed E-state index contributed by atoms with van der Waals surface area (Å²) in [6.07, 6.45) is 17.0. The van der Waals surface area contributed by atoms with Gasteiger partial charge in [0.25, 0.3) is 0 Å². The van der Waals surface area contributed by atoms with Crippen LogP contribution in [0.25, 0.3) is 0 Å². The van der Waals surface area contributed by atoms with Gasteiger partial charge in [0.05, 0.1) is 0 Å². The largest absolute Gasteiger partial charge is 1.00 e. The summed E-state index contributed by atoms with van der Waals surface area (Å²) < 4.78 is 4.34. The zero-order valence-corrected chi connectivity index (χ0v) is 23.0. The first kappa shape index (κ1) is 25.0. The summed E-state index contributed by atoms with van der Waals surface area (Å²) in [5, 5.41) is 1.69. The molecule has 0 saturated carbocycles. The molecule has 1 unspecified atom stereocenters. The summed E-state index contributed by atoms with van der Waals surface area (Å²) in [7, 11) is -1.22. The molecule has 154 valence electrons. The average Bonchev–Trinajstić information content (AvgIpc) is 3.31. The molecule has 4 heteroatoms. The fraction of sp³-hybridized carbons (Fsp3) is 0.400. The molecule has 29 heavy (non-hydrogen) atoms. The second-order valence-electron chi connectivity index (χ2n) is 9.28. The van der Waals surface area contributed by atoms with Crippen LogP contribution in [0.5, 0.6) is 0 Å². The van der Waals surface area contributed by atoms with E-state index in [4.69, 9.17) is 0 Å². The molecule has 0 nitrogen and oxygen atoms in total. The average molecular weight is 523 g/mol. The van der Waals surface area contributed by atoms with Crippen LogP contribution in [-0.2, 0) is 21.3 Å². The van der Waals surface area contributed by atoms with Gasteiger partial charge in [0.1, 0.15) is 0 Å². The van der Waals surface area contributed by atoms with Crippen LogP contribution in [0.4, 0.5) is 0 Å². The molecule has 1 aromatic rings. The summed E-state index contributed by atoms with van der Waals surface area (Å²) in [5.74, 6) is 0. The summed E-state index contributed by atoms with van der Waals surface area (Å²) in [6, 6.07) is 11.3. The SMILES string of the molecule is C/[C](c1ccccc1)=[Zr+2](/[C]1=CC([Si](C)(C)C)=CC1)[CH]1C=CC2=C1CCCC2.[Cl-].[Cl-]. The summed E-state index contributed by atoms with van der Waals surface area (Å²) in [5.41, 5.74) is 5.02. The standard InChI is InChI=1S/C9H11.C8H13Si.C8H8.2ClH.Zr/c1-2-5-9-7-3-6-8(9)4-1;1-9(2,3)8-6-4-5-7-8;1-2-8-6-4-3-5-7-8;;;/h3,6-7H,1-2,4-5H2;6-7H,4H2,1-3H3;3-7H,1H3;2*1H;/q;;;;;+2/p-2. The Hall–Kier alpha value is -0.270. The van der Waals surface area contributed by atoms with Gasteiger partial charge in [-0.25, -0.2) is 0 Å². The molecule has 0 heterocycles. The van der Waals surface area contributed by atoms with E-state index in [1.807, 2.05) is 8.85 Å². The zero-order chi connectivity index (χ0) is 19.0. The van der Waals surface area contributed by atoms with Gasteiger partial charge in [-0.2, -0.15) is 0 Å². The number of allylic oxidation sites excluding steroid dienone is 8. The Kier molecular flexibility index (Phi) is 8.93. The predicted octanol–water partition coefficient (Wildman–Crippen LogP) is 1.17. The molecule has 0 spiro atoms. The van der Waals surface area contributed by atoms with Gasteiger partial charge < -0.3 is 24.8 Å². The fourth-order valence-electron chi connectivity index (χ4n) is 4.85. The van der Waals surface area contributed by atoms with Crippen LogP contribution < -0.4 is 24.8 Å². The van der Waals surface area contributed by atoms with Crippen LogP contribution in [0.3, 0.4) is 0 Å². The van der Waals surface area contributed by atoms with E-state index in [0.29, 0.717) is 0 Å². The van der Waals surface area contributed by atoms with E-state index in [1.54, 1.807) is 14.0 Å². The Bertz CT molecular complexity index is 899. The fourth-order valence-corrected chi connectivity index (χ4v) is 14.9. The van der Waals surface area contributed by atoms with E-state index < -0.39 is 29.3 Å². The molecule has 1 atom stereocenters. The first-order valence-corrected chi connectivity index (χ1v) is 17.9. The third-order valence-corrected chi connectivity index (χ3v) is 16.6. The molecule has 0 fully saturated rings. The zero-order valence-electron chi connectivity index (χ0n) is 18.1. The molecule has 0 bridgehead atoms. The van der Waals surface area contributed by atoms with Crippen molar-refractivity contribution < 1.29 is 46.1 Å². The van der Waals surface area contributed by atoms with Gasteiger partial charge in [0.15, 0.2) is 0 Å². The second kappa shape index (κ2) is 10.4. The third-order valence-electron chi connectivity index (χ3n) is 6.43. The monoisotopic (exact) mass is 520 g/mol. The maximum absolute atomic E-state index is 2.67. The van der Waals surface area contributed by atoms with Gasteiger partial charge in [-0.05, 0) is 0 Å². The quantitative estimate of drug-likeness (QED) is 0.521. The van der Waals surface area contributed by atoms with Crippen LogP contribution >= 0.6 is 0 Å². The van der Waals surface area contributed by atoms with E-state index in [9.17, 15) is 0 Å². The first-order chi connectivity index (χ1) is 12.9. The van der Waals surface area contributed by atoms with Crippen LogP contribution in [0.15, 0.2) is 74.3 Å². The molecule has 1 aromatic carbocycles. The van der Waals surface area contributed by atoms with E-state index >= 15 is 0 Å². The summed E-state index contributed by atoms with van der Waals surface area (Å²) in [4.78, 5) is 0. The molecule has 3 aliphatic rings. The minimum atomic E-state index is -2.00. The van der Waals surface area contributed by atoms with Crippen molar-refractivity contribution >= 4 is 11.3 Å². The van der Waals surface area contributed by atoms with Gasteiger partial charge in [0.2, 0.25) is 0 Å². The smallest absolute Gasteiger partial charge is 1.00 e. The Balaban J connectivity index is 0.00000150. The van der Waals surface area contributed by atoms with Crippen molar-refractivity contribution in [2.75, 3.05) is 0 Å². The van der Waals surface area contributed by atoms with E-state index in [-0.39, 0.29) is 24.8 Å². The number of rotatable bonds is 4. The summed E-state index contributed by atoms with van der Waals surface area (Å²) in [6.45, 7) is 9.94. The van der Waals surface area contributed by atoms with Crippen molar-refractivity contribution in [3.8, 4) is 0 Å².